The van der Waals surface area contributed by atoms with E-state index in [0.29, 0.717) is 0 Å². The molecule has 10 heteroatoms. The molecule has 8 nitrogen and oxygen atoms in total. The zero-order valence-electron chi connectivity index (χ0n) is 7.34. The van der Waals surface area contributed by atoms with Crippen LogP contribution in [0.1, 0.15) is 0 Å². The van der Waals surface area contributed by atoms with Gasteiger partial charge in [-0.3, -0.25) is 0 Å². The maximum absolute atomic E-state index is 11.0. The van der Waals surface area contributed by atoms with Gasteiger partial charge in [0.2, 0.25) is 10.0 Å². The maximum atomic E-state index is 11.0. The first-order chi connectivity index (χ1) is 6.16. The Morgan fingerprint density at radius 1 is 1.43 bits per heavy atom. The van der Waals surface area contributed by atoms with E-state index >= 15 is 0 Å². The summed E-state index contributed by atoms with van der Waals surface area (Å²) in [6.45, 7) is -0.436. The molecule has 0 unspecified atom stereocenters. The number of hydrogen-bond donors (Lipinski definition) is 3. The van der Waals surface area contributed by atoms with Crippen molar-refractivity contribution in [3.8, 4) is 0 Å². The van der Waals surface area contributed by atoms with Gasteiger partial charge in [-0.1, -0.05) is 5.16 Å². The highest BCUT2D eigenvalue weighted by molar-refractivity contribution is 8.06. The Balaban J connectivity index is 4.39. The Kier molecular flexibility index (Phi) is 4.29. The molecule has 0 rings (SSSR count). The van der Waals surface area contributed by atoms with Crippen molar-refractivity contribution >= 4 is 25.7 Å². The zero-order chi connectivity index (χ0) is 11.4. The number of amidine groups is 1. The molecule has 0 amide bonds. The van der Waals surface area contributed by atoms with E-state index in [-0.39, 0.29) is 5.84 Å². The number of hydrogen-bond acceptors (Lipinski definition) is 6. The predicted octanol–water partition coefficient (Wildman–Crippen LogP) is -2.35. The van der Waals surface area contributed by atoms with E-state index in [9.17, 15) is 16.8 Å². The van der Waals surface area contributed by atoms with E-state index in [2.05, 4.69) is 5.16 Å². The molecule has 0 aromatic heterocycles. The average Bonchev–Trinajstić information content (AvgIpc) is 1.96. The number of nitrogens with one attached hydrogen (secondary N) is 1. The average molecular weight is 245 g/mol. The Hall–Kier alpha value is -0.870. The maximum Gasteiger partial charge on any atom is 0.226 e. The highest BCUT2D eigenvalue weighted by Crippen LogP contribution is 1.91. The largest absolute Gasteiger partial charge is 0.409 e. The third-order valence-electron chi connectivity index (χ3n) is 0.971. The van der Waals surface area contributed by atoms with Crippen LogP contribution in [0.2, 0.25) is 0 Å². The van der Waals surface area contributed by atoms with Gasteiger partial charge in [0.25, 0.3) is 0 Å². The third kappa shape index (κ3) is 6.62. The van der Waals surface area contributed by atoms with Crippen molar-refractivity contribution in [3.05, 3.63) is 0 Å². The SMILES string of the molecule is CS(=O)(=O)CS(=O)(=O)NCC(N)=NO. The summed E-state index contributed by atoms with van der Waals surface area (Å²) in [5.74, 6) is -0.359. The molecule has 0 aromatic rings. The third-order valence-corrected chi connectivity index (χ3v) is 4.51. The van der Waals surface area contributed by atoms with Crippen molar-refractivity contribution in [2.45, 2.75) is 0 Å². The molecule has 0 aliphatic carbocycles. The number of rotatable bonds is 5. The van der Waals surface area contributed by atoms with E-state index in [1.54, 1.807) is 0 Å². The molecule has 4 N–H and O–H groups in total. The molecule has 0 saturated carbocycles. The molecule has 84 valence electrons. The first-order valence-corrected chi connectivity index (χ1v) is 6.99. The van der Waals surface area contributed by atoms with Crippen molar-refractivity contribution in [3.63, 3.8) is 0 Å². The van der Waals surface area contributed by atoms with Crippen LogP contribution in [0.4, 0.5) is 0 Å². The lowest BCUT2D eigenvalue weighted by atomic mass is 10.6. The Morgan fingerprint density at radius 3 is 2.29 bits per heavy atom. The molecule has 0 radical (unpaired) electrons. The summed E-state index contributed by atoms with van der Waals surface area (Å²) in [4.78, 5) is 0. The van der Waals surface area contributed by atoms with Crippen molar-refractivity contribution in [2.75, 3.05) is 17.9 Å². The first kappa shape index (κ1) is 13.1. The lowest BCUT2D eigenvalue weighted by molar-refractivity contribution is 0.317. The molecule has 0 atom stereocenters. The van der Waals surface area contributed by atoms with Crippen LogP contribution in [0.5, 0.6) is 0 Å². The quantitative estimate of drug-likeness (QED) is 0.214. The zero-order valence-corrected chi connectivity index (χ0v) is 8.97. The lowest BCUT2D eigenvalue weighted by Gasteiger charge is -2.03. The topological polar surface area (TPSA) is 139 Å². The van der Waals surface area contributed by atoms with Crippen LogP contribution >= 0.6 is 0 Å². The van der Waals surface area contributed by atoms with Gasteiger partial charge in [-0.25, -0.2) is 21.6 Å². The minimum absolute atomic E-state index is 0.359. The molecular weight excluding hydrogens is 234 g/mol. The second-order valence-corrected chi connectivity index (χ2v) is 6.88. The van der Waals surface area contributed by atoms with Crippen LogP contribution in [-0.2, 0) is 19.9 Å². The van der Waals surface area contributed by atoms with E-state index in [0.717, 1.165) is 6.26 Å². The number of oxime groups is 1. The Bertz CT molecular complexity index is 408. The summed E-state index contributed by atoms with van der Waals surface area (Å²) in [6, 6.07) is 0. The van der Waals surface area contributed by atoms with Crippen LogP contribution in [0.25, 0.3) is 0 Å². The van der Waals surface area contributed by atoms with Gasteiger partial charge in [0.15, 0.2) is 20.8 Å². The van der Waals surface area contributed by atoms with Crippen molar-refractivity contribution in [1.29, 1.82) is 0 Å². The molecule has 0 aliphatic heterocycles. The Labute approximate surface area is 81.8 Å². The highest BCUT2D eigenvalue weighted by Gasteiger charge is 2.17. The van der Waals surface area contributed by atoms with E-state index < -0.39 is 31.5 Å². The number of sulfone groups is 1. The minimum Gasteiger partial charge on any atom is -0.409 e. The summed E-state index contributed by atoms with van der Waals surface area (Å²) < 4.78 is 45.1. The van der Waals surface area contributed by atoms with Crippen molar-refractivity contribution in [1.82, 2.24) is 4.72 Å². The van der Waals surface area contributed by atoms with Crippen molar-refractivity contribution < 1.29 is 22.0 Å². The van der Waals surface area contributed by atoms with Gasteiger partial charge in [-0.2, -0.15) is 0 Å². The van der Waals surface area contributed by atoms with Gasteiger partial charge >= 0.3 is 0 Å². The minimum atomic E-state index is -3.95. The van der Waals surface area contributed by atoms with Crippen LogP contribution in [0, 0.1) is 0 Å². The molecule has 0 saturated heterocycles. The van der Waals surface area contributed by atoms with Crippen LogP contribution < -0.4 is 10.5 Å². The van der Waals surface area contributed by atoms with Gasteiger partial charge in [0.05, 0.1) is 6.54 Å². The van der Waals surface area contributed by atoms with Gasteiger partial charge < -0.3 is 10.9 Å². The van der Waals surface area contributed by atoms with Gasteiger partial charge in [0.1, 0.15) is 0 Å². The molecule has 0 bridgehead atoms. The van der Waals surface area contributed by atoms with E-state index in [4.69, 9.17) is 10.9 Å². The summed E-state index contributed by atoms with van der Waals surface area (Å²) in [7, 11) is -7.58. The lowest BCUT2D eigenvalue weighted by Crippen LogP contribution is -2.36. The highest BCUT2D eigenvalue weighted by atomic mass is 32.3. The normalized spacial score (nSPS) is 14.2. The predicted molar refractivity (Wildman–Crippen MR) is 50.0 cm³/mol. The summed E-state index contributed by atoms with van der Waals surface area (Å²) in [5.41, 5.74) is 4.97. The van der Waals surface area contributed by atoms with Gasteiger partial charge in [0, 0.05) is 6.26 Å². The smallest absolute Gasteiger partial charge is 0.226 e. The van der Waals surface area contributed by atoms with Crippen molar-refractivity contribution in [2.24, 2.45) is 10.9 Å². The molecule has 0 heterocycles. The van der Waals surface area contributed by atoms with Crippen LogP contribution in [-0.4, -0.2) is 45.8 Å². The first-order valence-electron chi connectivity index (χ1n) is 3.28. The standard InChI is InChI=1S/C4H11N3O5S2/c1-13(9,10)3-14(11,12)6-2-4(5)7-8/h6,8H,2-3H2,1H3,(H2,5,7). The van der Waals surface area contributed by atoms with E-state index in [1.165, 1.54) is 0 Å². The summed E-state index contributed by atoms with van der Waals surface area (Å²) in [6.07, 6.45) is 0.787. The number of nitrogens with two attached hydrogens (primary N) is 1. The fourth-order valence-corrected chi connectivity index (χ4v) is 3.50. The van der Waals surface area contributed by atoms with Crippen LogP contribution in [0.3, 0.4) is 0 Å². The Morgan fingerprint density at radius 2 is 1.93 bits per heavy atom. The fourth-order valence-electron chi connectivity index (χ4n) is 0.543. The molecular formula is C4H11N3O5S2. The van der Waals surface area contributed by atoms with Gasteiger partial charge in [-0.15, -0.1) is 0 Å². The molecule has 0 fully saturated rings. The fraction of sp³-hybridized carbons (Fsp3) is 0.750. The summed E-state index contributed by atoms with van der Waals surface area (Å²) in [5, 5.41) is 9.55. The molecule has 14 heavy (non-hydrogen) atoms. The second kappa shape index (κ2) is 4.57. The van der Waals surface area contributed by atoms with Crippen LogP contribution in [0.15, 0.2) is 5.16 Å². The van der Waals surface area contributed by atoms with E-state index in [1.807, 2.05) is 4.72 Å². The molecule has 0 aliphatic rings. The van der Waals surface area contributed by atoms with Gasteiger partial charge in [-0.05, 0) is 0 Å². The number of nitrogens with zero attached hydrogens (tertiary/aromatic N) is 1. The second-order valence-electron chi connectivity index (χ2n) is 2.57. The monoisotopic (exact) mass is 245 g/mol. The molecule has 0 aromatic carbocycles. The number of sulfonamides is 1. The molecule has 0 spiro atoms. The summed E-state index contributed by atoms with van der Waals surface area (Å²) >= 11 is 0.